The number of hydrogen-bond acceptors (Lipinski definition) is 3. The van der Waals surface area contributed by atoms with Gasteiger partial charge < -0.3 is 5.73 Å². The molecule has 4 nitrogen and oxygen atoms in total. The van der Waals surface area contributed by atoms with Gasteiger partial charge in [-0.05, 0) is 24.3 Å². The summed E-state index contributed by atoms with van der Waals surface area (Å²) in [5.74, 6) is 0.644. The SMILES string of the molecule is NCCN(Cc1ccccc1)S(=O)(=O)CC1CC1. The molecule has 0 spiro atoms. The first-order chi connectivity index (χ1) is 8.62. The first kappa shape index (κ1) is 13.5. The third-order valence-electron chi connectivity index (χ3n) is 3.12. The summed E-state index contributed by atoms with van der Waals surface area (Å²) >= 11 is 0. The fraction of sp³-hybridized carbons (Fsp3) is 0.538. The van der Waals surface area contributed by atoms with Crippen LogP contribution in [0.2, 0.25) is 0 Å². The number of rotatable bonds is 7. The Morgan fingerprint density at radius 2 is 1.89 bits per heavy atom. The Bertz CT molecular complexity index is 469. The van der Waals surface area contributed by atoms with E-state index in [1.54, 1.807) is 0 Å². The predicted octanol–water partition coefficient (Wildman–Crippen LogP) is 1.19. The van der Waals surface area contributed by atoms with Crippen molar-refractivity contribution in [3.05, 3.63) is 35.9 Å². The van der Waals surface area contributed by atoms with Gasteiger partial charge in [-0.1, -0.05) is 30.3 Å². The van der Waals surface area contributed by atoms with Crippen molar-refractivity contribution in [2.75, 3.05) is 18.8 Å². The molecule has 18 heavy (non-hydrogen) atoms. The zero-order valence-electron chi connectivity index (χ0n) is 10.5. The summed E-state index contributed by atoms with van der Waals surface area (Å²) in [6.07, 6.45) is 2.09. The van der Waals surface area contributed by atoms with Gasteiger partial charge in [0.05, 0.1) is 5.75 Å². The lowest BCUT2D eigenvalue weighted by Crippen LogP contribution is -2.36. The van der Waals surface area contributed by atoms with E-state index in [1.807, 2.05) is 30.3 Å². The highest BCUT2D eigenvalue weighted by Gasteiger charge is 2.31. The van der Waals surface area contributed by atoms with E-state index < -0.39 is 10.0 Å². The van der Waals surface area contributed by atoms with Gasteiger partial charge in [0, 0.05) is 19.6 Å². The first-order valence-corrected chi connectivity index (χ1v) is 7.94. The molecule has 0 unspecified atom stereocenters. The van der Waals surface area contributed by atoms with Gasteiger partial charge in [0.15, 0.2) is 0 Å². The van der Waals surface area contributed by atoms with Gasteiger partial charge in [-0.25, -0.2) is 8.42 Å². The Balaban J connectivity index is 2.07. The minimum atomic E-state index is -3.17. The van der Waals surface area contributed by atoms with Gasteiger partial charge in [0.1, 0.15) is 0 Å². The van der Waals surface area contributed by atoms with Crippen LogP contribution in [0.1, 0.15) is 18.4 Å². The highest BCUT2D eigenvalue weighted by Crippen LogP contribution is 2.31. The molecule has 1 aliphatic carbocycles. The number of nitrogens with zero attached hydrogens (tertiary/aromatic N) is 1. The lowest BCUT2D eigenvalue weighted by molar-refractivity contribution is 0.412. The molecule has 2 rings (SSSR count). The lowest BCUT2D eigenvalue weighted by Gasteiger charge is -2.21. The Morgan fingerprint density at radius 3 is 2.44 bits per heavy atom. The van der Waals surface area contributed by atoms with Crippen molar-refractivity contribution < 1.29 is 8.42 Å². The van der Waals surface area contributed by atoms with Crippen LogP contribution in [0, 0.1) is 5.92 Å². The Morgan fingerprint density at radius 1 is 1.22 bits per heavy atom. The summed E-state index contributed by atoms with van der Waals surface area (Å²) in [6, 6.07) is 9.65. The molecule has 0 aliphatic heterocycles. The number of hydrogen-bond donors (Lipinski definition) is 1. The molecule has 0 atom stereocenters. The molecular weight excluding hydrogens is 248 g/mol. The van der Waals surface area contributed by atoms with Crippen LogP contribution in [0.25, 0.3) is 0 Å². The summed E-state index contributed by atoms with van der Waals surface area (Å²) in [5, 5.41) is 0. The average molecular weight is 268 g/mol. The molecule has 1 aliphatic rings. The second-order valence-corrected chi connectivity index (χ2v) is 6.84. The Labute approximate surface area is 109 Å². The van der Waals surface area contributed by atoms with Crippen molar-refractivity contribution in [3.63, 3.8) is 0 Å². The Hall–Kier alpha value is -0.910. The zero-order chi connectivity index (χ0) is 13.0. The van der Waals surface area contributed by atoms with Crippen molar-refractivity contribution >= 4 is 10.0 Å². The van der Waals surface area contributed by atoms with E-state index in [4.69, 9.17) is 5.73 Å². The first-order valence-electron chi connectivity index (χ1n) is 6.33. The van der Waals surface area contributed by atoms with E-state index in [1.165, 1.54) is 4.31 Å². The van der Waals surface area contributed by atoms with Crippen LogP contribution in [-0.2, 0) is 16.6 Å². The molecule has 0 saturated heterocycles. The summed E-state index contributed by atoms with van der Waals surface area (Å²) < 4.78 is 26.0. The second-order valence-electron chi connectivity index (χ2n) is 4.83. The van der Waals surface area contributed by atoms with Gasteiger partial charge in [-0.3, -0.25) is 0 Å². The molecule has 1 aromatic rings. The van der Waals surface area contributed by atoms with Crippen LogP contribution in [-0.4, -0.2) is 31.6 Å². The fourth-order valence-corrected chi connectivity index (χ4v) is 3.80. The van der Waals surface area contributed by atoms with Crippen molar-refractivity contribution in [2.24, 2.45) is 11.7 Å². The van der Waals surface area contributed by atoms with Gasteiger partial charge >= 0.3 is 0 Å². The summed E-state index contributed by atoms with van der Waals surface area (Å²) in [5.41, 5.74) is 6.53. The van der Waals surface area contributed by atoms with Crippen molar-refractivity contribution in [1.82, 2.24) is 4.31 Å². The van der Waals surface area contributed by atoms with Gasteiger partial charge in [-0.15, -0.1) is 0 Å². The molecule has 0 bridgehead atoms. The van der Waals surface area contributed by atoms with Crippen molar-refractivity contribution in [2.45, 2.75) is 19.4 Å². The molecule has 1 saturated carbocycles. The van der Waals surface area contributed by atoms with E-state index in [2.05, 4.69) is 0 Å². The number of nitrogens with two attached hydrogens (primary N) is 1. The van der Waals surface area contributed by atoms with Crippen LogP contribution in [0.5, 0.6) is 0 Å². The smallest absolute Gasteiger partial charge is 0.214 e. The van der Waals surface area contributed by atoms with Crippen LogP contribution in [0.3, 0.4) is 0 Å². The minimum Gasteiger partial charge on any atom is -0.329 e. The standard InChI is InChI=1S/C13H20N2O2S/c14-8-9-15(10-12-4-2-1-3-5-12)18(16,17)11-13-6-7-13/h1-5,13H,6-11,14H2. The summed E-state index contributed by atoms with van der Waals surface area (Å²) in [7, 11) is -3.17. The fourth-order valence-electron chi connectivity index (χ4n) is 1.94. The topological polar surface area (TPSA) is 63.4 Å². The maximum Gasteiger partial charge on any atom is 0.214 e. The maximum absolute atomic E-state index is 12.2. The quantitative estimate of drug-likeness (QED) is 0.808. The zero-order valence-corrected chi connectivity index (χ0v) is 11.3. The average Bonchev–Trinajstić information content (AvgIpc) is 3.13. The molecule has 1 fully saturated rings. The highest BCUT2D eigenvalue weighted by atomic mass is 32.2. The van der Waals surface area contributed by atoms with E-state index >= 15 is 0 Å². The monoisotopic (exact) mass is 268 g/mol. The Kier molecular flexibility index (Phi) is 4.37. The molecule has 100 valence electrons. The summed E-state index contributed by atoms with van der Waals surface area (Å²) in [4.78, 5) is 0. The van der Waals surface area contributed by atoms with Crippen molar-refractivity contribution in [1.29, 1.82) is 0 Å². The summed E-state index contributed by atoms with van der Waals surface area (Å²) in [6.45, 7) is 1.17. The van der Waals surface area contributed by atoms with E-state index in [-0.39, 0.29) is 5.75 Å². The van der Waals surface area contributed by atoms with Crippen molar-refractivity contribution in [3.8, 4) is 0 Å². The van der Waals surface area contributed by atoms with Gasteiger partial charge in [-0.2, -0.15) is 4.31 Å². The molecule has 0 aromatic heterocycles. The molecular formula is C13H20N2O2S. The third kappa shape index (κ3) is 3.80. The van der Waals surface area contributed by atoms with Crippen LogP contribution >= 0.6 is 0 Å². The lowest BCUT2D eigenvalue weighted by atomic mass is 10.2. The van der Waals surface area contributed by atoms with Crippen LogP contribution < -0.4 is 5.73 Å². The predicted molar refractivity (Wildman–Crippen MR) is 72.4 cm³/mol. The van der Waals surface area contributed by atoms with Gasteiger partial charge in [0.2, 0.25) is 10.0 Å². The number of benzene rings is 1. The maximum atomic E-state index is 12.2. The molecule has 5 heteroatoms. The molecule has 0 heterocycles. The van der Waals surface area contributed by atoms with E-state index in [0.29, 0.717) is 25.6 Å². The molecule has 0 amide bonds. The third-order valence-corrected chi connectivity index (χ3v) is 5.11. The second kappa shape index (κ2) is 5.82. The van der Waals surface area contributed by atoms with Crippen LogP contribution in [0.15, 0.2) is 30.3 Å². The van der Waals surface area contributed by atoms with E-state index in [0.717, 1.165) is 18.4 Å². The molecule has 2 N–H and O–H groups in total. The van der Waals surface area contributed by atoms with E-state index in [9.17, 15) is 8.42 Å². The minimum absolute atomic E-state index is 0.278. The normalized spacial score (nSPS) is 16.1. The molecule has 0 radical (unpaired) electrons. The molecule has 1 aromatic carbocycles. The largest absolute Gasteiger partial charge is 0.329 e. The van der Waals surface area contributed by atoms with Gasteiger partial charge in [0.25, 0.3) is 0 Å². The highest BCUT2D eigenvalue weighted by molar-refractivity contribution is 7.89. The number of sulfonamides is 1. The van der Waals surface area contributed by atoms with Crippen LogP contribution in [0.4, 0.5) is 0 Å².